The summed E-state index contributed by atoms with van der Waals surface area (Å²) in [5.74, 6) is -0.588. The van der Waals surface area contributed by atoms with Gasteiger partial charge < -0.3 is 4.90 Å². The van der Waals surface area contributed by atoms with Crippen LogP contribution in [0.4, 0.5) is 4.39 Å². The lowest BCUT2D eigenvalue weighted by Crippen LogP contribution is -2.26. The normalized spacial score (nSPS) is 10.5. The van der Waals surface area contributed by atoms with Crippen LogP contribution < -0.4 is 0 Å². The van der Waals surface area contributed by atoms with Crippen LogP contribution >= 0.6 is 0 Å². The van der Waals surface area contributed by atoms with Gasteiger partial charge in [0.1, 0.15) is 5.82 Å². The van der Waals surface area contributed by atoms with Gasteiger partial charge in [0.15, 0.2) is 5.69 Å². The van der Waals surface area contributed by atoms with E-state index in [0.717, 1.165) is 11.3 Å². The van der Waals surface area contributed by atoms with Gasteiger partial charge in [-0.25, -0.2) is 4.39 Å². The van der Waals surface area contributed by atoms with E-state index in [1.54, 1.807) is 19.2 Å². The zero-order valence-electron chi connectivity index (χ0n) is 12.6. The number of carbonyl (C=O) groups is 1. The molecule has 23 heavy (non-hydrogen) atoms. The van der Waals surface area contributed by atoms with E-state index >= 15 is 0 Å². The minimum absolute atomic E-state index is 0.243. The van der Waals surface area contributed by atoms with Crippen LogP contribution in [0.5, 0.6) is 0 Å². The first kappa shape index (κ1) is 14.9. The molecule has 0 aliphatic carbocycles. The Morgan fingerprint density at radius 1 is 1.17 bits per heavy atom. The van der Waals surface area contributed by atoms with Gasteiger partial charge in [-0.15, -0.1) is 5.10 Å². The molecule has 116 valence electrons. The van der Waals surface area contributed by atoms with Crippen molar-refractivity contribution in [2.75, 3.05) is 7.05 Å². The van der Waals surface area contributed by atoms with Gasteiger partial charge in [0.05, 0.1) is 11.9 Å². The molecule has 1 heterocycles. The Kier molecular flexibility index (Phi) is 4.14. The molecule has 0 N–H and O–H groups in total. The summed E-state index contributed by atoms with van der Waals surface area (Å²) in [5, 5.41) is 8.31. The van der Waals surface area contributed by atoms with Crippen LogP contribution in [0.25, 0.3) is 5.69 Å². The molecule has 3 rings (SSSR count). The maximum Gasteiger partial charge on any atom is 0.276 e. The summed E-state index contributed by atoms with van der Waals surface area (Å²) in [6.07, 6.45) is 1.43. The van der Waals surface area contributed by atoms with Crippen LogP contribution in [-0.4, -0.2) is 32.8 Å². The van der Waals surface area contributed by atoms with Crippen molar-refractivity contribution in [3.8, 4) is 5.69 Å². The highest BCUT2D eigenvalue weighted by Crippen LogP contribution is 2.10. The molecule has 1 amide bonds. The second-order valence-corrected chi connectivity index (χ2v) is 5.15. The molecule has 0 fully saturated rings. The number of aromatic nitrogens is 3. The molecule has 2 aromatic carbocycles. The number of amides is 1. The van der Waals surface area contributed by atoms with Gasteiger partial charge in [0.25, 0.3) is 5.91 Å². The van der Waals surface area contributed by atoms with E-state index in [4.69, 9.17) is 0 Å². The maximum absolute atomic E-state index is 13.2. The summed E-state index contributed by atoms with van der Waals surface area (Å²) in [6.45, 7) is 0.300. The highest BCUT2D eigenvalue weighted by atomic mass is 19.1. The first-order valence-corrected chi connectivity index (χ1v) is 7.11. The number of benzene rings is 2. The van der Waals surface area contributed by atoms with Crippen molar-refractivity contribution in [3.05, 3.63) is 77.9 Å². The summed E-state index contributed by atoms with van der Waals surface area (Å²) in [6, 6.07) is 15.5. The van der Waals surface area contributed by atoms with Crippen LogP contribution in [0, 0.1) is 5.82 Å². The molecule has 0 spiro atoms. The monoisotopic (exact) mass is 310 g/mol. The van der Waals surface area contributed by atoms with Gasteiger partial charge in [-0.1, -0.05) is 30.3 Å². The minimum Gasteiger partial charge on any atom is -0.336 e. The average Bonchev–Trinajstić information content (AvgIpc) is 3.05. The fraction of sp³-hybridized carbons (Fsp3) is 0.118. The second-order valence-electron chi connectivity index (χ2n) is 5.15. The van der Waals surface area contributed by atoms with Crippen LogP contribution in [0.3, 0.4) is 0 Å². The number of rotatable bonds is 4. The molecule has 0 atom stereocenters. The lowest BCUT2D eigenvalue weighted by molar-refractivity contribution is 0.0778. The molecule has 0 saturated carbocycles. The largest absolute Gasteiger partial charge is 0.336 e. The van der Waals surface area contributed by atoms with Gasteiger partial charge in [0, 0.05) is 13.6 Å². The average molecular weight is 310 g/mol. The molecular weight excluding hydrogens is 295 g/mol. The first-order valence-electron chi connectivity index (χ1n) is 7.11. The smallest absolute Gasteiger partial charge is 0.276 e. The zero-order valence-corrected chi connectivity index (χ0v) is 12.6. The van der Waals surface area contributed by atoms with Gasteiger partial charge in [-0.2, -0.15) is 9.90 Å². The van der Waals surface area contributed by atoms with Crippen molar-refractivity contribution in [1.82, 2.24) is 19.9 Å². The molecule has 0 bridgehead atoms. The third kappa shape index (κ3) is 3.42. The van der Waals surface area contributed by atoms with Gasteiger partial charge in [-0.3, -0.25) is 4.79 Å². The molecule has 0 saturated heterocycles. The van der Waals surface area contributed by atoms with Gasteiger partial charge in [0.2, 0.25) is 0 Å². The summed E-state index contributed by atoms with van der Waals surface area (Å²) in [4.78, 5) is 15.3. The highest BCUT2D eigenvalue weighted by Gasteiger charge is 2.16. The first-order chi connectivity index (χ1) is 11.1. The summed E-state index contributed by atoms with van der Waals surface area (Å²) in [5.41, 5.74) is 1.74. The van der Waals surface area contributed by atoms with Crippen molar-refractivity contribution in [2.45, 2.75) is 6.54 Å². The van der Waals surface area contributed by atoms with E-state index in [-0.39, 0.29) is 17.4 Å². The van der Waals surface area contributed by atoms with E-state index < -0.39 is 0 Å². The SMILES string of the molecule is CN(Cc1cccc(F)c1)C(=O)c1cnn(-c2ccccc2)n1. The van der Waals surface area contributed by atoms with Gasteiger partial charge in [-0.05, 0) is 29.8 Å². The van der Waals surface area contributed by atoms with Crippen molar-refractivity contribution in [2.24, 2.45) is 0 Å². The molecule has 0 unspecified atom stereocenters. The van der Waals surface area contributed by atoms with E-state index in [1.807, 2.05) is 30.3 Å². The molecule has 3 aromatic rings. The number of hydrogen-bond donors (Lipinski definition) is 0. The highest BCUT2D eigenvalue weighted by molar-refractivity contribution is 5.91. The fourth-order valence-electron chi connectivity index (χ4n) is 2.22. The summed E-state index contributed by atoms with van der Waals surface area (Å²) < 4.78 is 13.2. The van der Waals surface area contributed by atoms with E-state index in [2.05, 4.69) is 10.2 Å². The lowest BCUT2D eigenvalue weighted by Gasteiger charge is -2.15. The Hall–Kier alpha value is -3.02. The van der Waals surface area contributed by atoms with E-state index in [9.17, 15) is 9.18 Å². The number of carbonyl (C=O) groups excluding carboxylic acids is 1. The second kappa shape index (κ2) is 6.39. The van der Waals surface area contributed by atoms with Gasteiger partial charge >= 0.3 is 0 Å². The Morgan fingerprint density at radius 2 is 1.96 bits per heavy atom. The van der Waals surface area contributed by atoms with E-state index in [0.29, 0.717) is 6.54 Å². The fourth-order valence-corrected chi connectivity index (χ4v) is 2.22. The van der Waals surface area contributed by atoms with Crippen LogP contribution in [0.1, 0.15) is 16.1 Å². The number of nitrogens with zero attached hydrogens (tertiary/aromatic N) is 4. The van der Waals surface area contributed by atoms with Crippen molar-refractivity contribution in [3.63, 3.8) is 0 Å². The quantitative estimate of drug-likeness (QED) is 0.744. The van der Waals surface area contributed by atoms with Crippen LogP contribution in [0.15, 0.2) is 60.8 Å². The standard InChI is InChI=1S/C17H15FN4O/c1-21(12-13-6-5-7-14(18)10-13)17(23)16-11-19-22(20-16)15-8-3-2-4-9-15/h2-11H,12H2,1H3. The molecule has 6 heteroatoms. The van der Waals surface area contributed by atoms with Crippen LogP contribution in [-0.2, 0) is 6.54 Å². The predicted octanol–water partition coefficient (Wildman–Crippen LogP) is 2.68. The molecule has 0 aliphatic rings. The number of hydrogen-bond acceptors (Lipinski definition) is 3. The third-order valence-corrected chi connectivity index (χ3v) is 3.35. The van der Waals surface area contributed by atoms with Crippen molar-refractivity contribution in [1.29, 1.82) is 0 Å². The number of para-hydroxylation sites is 1. The molecule has 0 radical (unpaired) electrons. The lowest BCUT2D eigenvalue weighted by atomic mass is 10.2. The molecular formula is C17H15FN4O. The van der Waals surface area contributed by atoms with Crippen molar-refractivity contribution < 1.29 is 9.18 Å². The minimum atomic E-state index is -0.321. The van der Waals surface area contributed by atoms with E-state index in [1.165, 1.54) is 28.0 Å². The third-order valence-electron chi connectivity index (χ3n) is 3.35. The zero-order chi connectivity index (χ0) is 16.2. The van der Waals surface area contributed by atoms with Crippen LogP contribution in [0.2, 0.25) is 0 Å². The molecule has 0 aliphatic heterocycles. The number of halogens is 1. The Labute approximate surface area is 133 Å². The molecule has 1 aromatic heterocycles. The topological polar surface area (TPSA) is 51.0 Å². The Balaban J connectivity index is 1.74. The predicted molar refractivity (Wildman–Crippen MR) is 83.6 cm³/mol. The molecule has 5 nitrogen and oxygen atoms in total. The Bertz CT molecular complexity index is 816. The Morgan fingerprint density at radius 3 is 2.70 bits per heavy atom. The van der Waals surface area contributed by atoms with Crippen molar-refractivity contribution >= 4 is 5.91 Å². The summed E-state index contributed by atoms with van der Waals surface area (Å²) >= 11 is 0. The maximum atomic E-state index is 13.2. The summed E-state index contributed by atoms with van der Waals surface area (Å²) in [7, 11) is 1.65.